The average molecular weight is 284 g/mol. The van der Waals surface area contributed by atoms with Gasteiger partial charge in [0.15, 0.2) is 0 Å². The Kier molecular flexibility index (Phi) is 3.55. The van der Waals surface area contributed by atoms with Crippen LogP contribution in [0.15, 0.2) is 36.4 Å². The molecule has 0 saturated heterocycles. The van der Waals surface area contributed by atoms with Crippen LogP contribution in [0, 0.1) is 5.82 Å². The van der Waals surface area contributed by atoms with E-state index in [0.717, 1.165) is 0 Å². The van der Waals surface area contributed by atoms with Gasteiger partial charge in [0.05, 0.1) is 10.0 Å². The number of carbonyl (C=O) groups is 1. The highest BCUT2D eigenvalue weighted by molar-refractivity contribution is 6.42. The summed E-state index contributed by atoms with van der Waals surface area (Å²) in [4.78, 5) is 11.3. The molecular weight excluding hydrogens is 276 g/mol. The van der Waals surface area contributed by atoms with Gasteiger partial charge < -0.3 is 5.73 Å². The molecule has 18 heavy (non-hydrogen) atoms. The maximum atomic E-state index is 13.3. The summed E-state index contributed by atoms with van der Waals surface area (Å²) in [5, 5.41) is 0.714. The predicted octanol–water partition coefficient (Wildman–Crippen LogP) is 3.90. The largest absolute Gasteiger partial charge is 0.366 e. The number of hydrogen-bond donors (Lipinski definition) is 1. The highest BCUT2D eigenvalue weighted by Gasteiger charge is 2.12. The summed E-state index contributed by atoms with van der Waals surface area (Å²) in [6, 6.07) is 8.55. The molecule has 0 spiro atoms. The maximum absolute atomic E-state index is 13.3. The van der Waals surface area contributed by atoms with Crippen molar-refractivity contribution in [3.63, 3.8) is 0 Å². The molecule has 0 heterocycles. The molecule has 0 aromatic heterocycles. The quantitative estimate of drug-likeness (QED) is 0.893. The molecule has 2 aromatic carbocycles. The van der Waals surface area contributed by atoms with Crippen molar-refractivity contribution in [2.75, 3.05) is 0 Å². The third-order valence-corrected chi connectivity index (χ3v) is 3.22. The topological polar surface area (TPSA) is 43.1 Å². The van der Waals surface area contributed by atoms with E-state index in [9.17, 15) is 9.18 Å². The first-order valence-corrected chi connectivity index (χ1v) is 5.79. The minimum absolute atomic E-state index is 0.231. The van der Waals surface area contributed by atoms with E-state index in [2.05, 4.69) is 0 Å². The van der Waals surface area contributed by atoms with Gasteiger partial charge >= 0.3 is 0 Å². The Bertz CT molecular complexity index is 628. The number of halogens is 3. The van der Waals surface area contributed by atoms with Gasteiger partial charge in [-0.25, -0.2) is 4.39 Å². The van der Waals surface area contributed by atoms with Gasteiger partial charge in [-0.2, -0.15) is 0 Å². The van der Waals surface area contributed by atoms with Crippen LogP contribution >= 0.6 is 23.2 Å². The standard InChI is InChI=1S/C13H8Cl2FNO/c14-11-4-1-7(5-12(11)15)10-6-8(16)2-3-9(10)13(17)18/h1-6H,(H2,17,18). The fraction of sp³-hybridized carbons (Fsp3) is 0. The molecule has 1 amide bonds. The molecular formula is C13H8Cl2FNO. The molecule has 0 bridgehead atoms. The Morgan fingerprint density at radius 2 is 1.78 bits per heavy atom. The number of carbonyl (C=O) groups excluding carboxylic acids is 1. The van der Waals surface area contributed by atoms with E-state index < -0.39 is 11.7 Å². The van der Waals surface area contributed by atoms with E-state index in [0.29, 0.717) is 21.2 Å². The van der Waals surface area contributed by atoms with Crippen LogP contribution in [-0.4, -0.2) is 5.91 Å². The van der Waals surface area contributed by atoms with Gasteiger partial charge in [-0.05, 0) is 41.5 Å². The van der Waals surface area contributed by atoms with Crippen molar-refractivity contribution in [2.24, 2.45) is 5.73 Å². The fourth-order valence-corrected chi connectivity index (χ4v) is 1.93. The first kappa shape index (κ1) is 12.9. The summed E-state index contributed by atoms with van der Waals surface area (Å²) in [5.41, 5.74) is 6.45. The van der Waals surface area contributed by atoms with Crippen molar-refractivity contribution >= 4 is 29.1 Å². The number of hydrogen-bond acceptors (Lipinski definition) is 1. The van der Waals surface area contributed by atoms with Crippen molar-refractivity contribution in [2.45, 2.75) is 0 Å². The first-order valence-electron chi connectivity index (χ1n) is 5.04. The van der Waals surface area contributed by atoms with Crippen LogP contribution in [0.5, 0.6) is 0 Å². The summed E-state index contributed by atoms with van der Waals surface area (Å²) in [6.45, 7) is 0. The predicted molar refractivity (Wildman–Crippen MR) is 70.4 cm³/mol. The maximum Gasteiger partial charge on any atom is 0.249 e. The molecule has 0 atom stereocenters. The van der Waals surface area contributed by atoms with E-state index in [-0.39, 0.29) is 5.56 Å². The second kappa shape index (κ2) is 4.96. The highest BCUT2D eigenvalue weighted by Crippen LogP contribution is 2.30. The van der Waals surface area contributed by atoms with E-state index >= 15 is 0 Å². The molecule has 0 saturated carbocycles. The van der Waals surface area contributed by atoms with E-state index in [1.165, 1.54) is 18.2 Å². The second-order valence-corrected chi connectivity index (χ2v) is 4.50. The van der Waals surface area contributed by atoms with E-state index in [1.807, 2.05) is 0 Å². The lowest BCUT2D eigenvalue weighted by molar-refractivity contribution is 0.100. The number of primary amides is 1. The molecule has 0 fully saturated rings. The highest BCUT2D eigenvalue weighted by atomic mass is 35.5. The zero-order valence-corrected chi connectivity index (χ0v) is 10.6. The lowest BCUT2D eigenvalue weighted by Gasteiger charge is -2.08. The zero-order chi connectivity index (χ0) is 13.3. The first-order chi connectivity index (χ1) is 8.49. The number of benzene rings is 2. The van der Waals surface area contributed by atoms with Gasteiger partial charge in [-0.1, -0.05) is 29.3 Å². The van der Waals surface area contributed by atoms with Crippen molar-refractivity contribution in [3.05, 3.63) is 57.8 Å². The van der Waals surface area contributed by atoms with Crippen molar-refractivity contribution in [1.82, 2.24) is 0 Å². The van der Waals surface area contributed by atoms with Gasteiger partial charge in [-0.3, -0.25) is 4.79 Å². The second-order valence-electron chi connectivity index (χ2n) is 3.68. The lowest BCUT2D eigenvalue weighted by atomic mass is 9.99. The Hall–Kier alpha value is -1.58. The molecule has 0 unspecified atom stereocenters. The molecule has 92 valence electrons. The third-order valence-electron chi connectivity index (χ3n) is 2.48. The molecule has 0 radical (unpaired) electrons. The Labute approximate surface area is 113 Å². The van der Waals surface area contributed by atoms with Crippen molar-refractivity contribution in [3.8, 4) is 11.1 Å². The minimum Gasteiger partial charge on any atom is -0.366 e. The molecule has 2 aromatic rings. The van der Waals surface area contributed by atoms with Crippen molar-refractivity contribution < 1.29 is 9.18 Å². The van der Waals surface area contributed by atoms with Crippen LogP contribution in [0.25, 0.3) is 11.1 Å². The van der Waals surface area contributed by atoms with Crippen LogP contribution in [-0.2, 0) is 0 Å². The summed E-state index contributed by atoms with van der Waals surface area (Å²) < 4.78 is 13.3. The number of amides is 1. The van der Waals surface area contributed by atoms with Gasteiger partial charge in [0.25, 0.3) is 0 Å². The van der Waals surface area contributed by atoms with Crippen LogP contribution in [0.3, 0.4) is 0 Å². The number of rotatable bonds is 2. The van der Waals surface area contributed by atoms with Crippen LogP contribution in [0.4, 0.5) is 4.39 Å². The third kappa shape index (κ3) is 2.47. The molecule has 2 N–H and O–H groups in total. The molecule has 2 rings (SSSR count). The molecule has 2 nitrogen and oxygen atoms in total. The SMILES string of the molecule is NC(=O)c1ccc(F)cc1-c1ccc(Cl)c(Cl)c1. The smallest absolute Gasteiger partial charge is 0.249 e. The summed E-state index contributed by atoms with van der Waals surface area (Å²) in [5.74, 6) is -1.09. The monoisotopic (exact) mass is 283 g/mol. The normalized spacial score (nSPS) is 10.4. The fourth-order valence-electron chi connectivity index (χ4n) is 1.63. The molecule has 5 heteroatoms. The van der Waals surface area contributed by atoms with Gasteiger partial charge in [0.2, 0.25) is 5.91 Å². The van der Waals surface area contributed by atoms with Crippen LogP contribution < -0.4 is 5.73 Å². The average Bonchev–Trinajstić information content (AvgIpc) is 2.32. The van der Waals surface area contributed by atoms with Gasteiger partial charge in [0, 0.05) is 5.56 Å². The van der Waals surface area contributed by atoms with Crippen LogP contribution in [0.2, 0.25) is 10.0 Å². The molecule has 0 aliphatic heterocycles. The minimum atomic E-state index is -0.629. The van der Waals surface area contributed by atoms with Gasteiger partial charge in [-0.15, -0.1) is 0 Å². The van der Waals surface area contributed by atoms with Crippen LogP contribution in [0.1, 0.15) is 10.4 Å². The summed E-state index contributed by atoms with van der Waals surface area (Å²) in [7, 11) is 0. The van der Waals surface area contributed by atoms with E-state index in [4.69, 9.17) is 28.9 Å². The Morgan fingerprint density at radius 3 is 2.39 bits per heavy atom. The van der Waals surface area contributed by atoms with Gasteiger partial charge in [0.1, 0.15) is 5.82 Å². The van der Waals surface area contributed by atoms with Crippen molar-refractivity contribution in [1.29, 1.82) is 0 Å². The number of nitrogens with two attached hydrogens (primary N) is 1. The Balaban J connectivity index is 2.65. The zero-order valence-electron chi connectivity index (χ0n) is 9.08. The Morgan fingerprint density at radius 1 is 1.06 bits per heavy atom. The summed E-state index contributed by atoms with van der Waals surface area (Å²) in [6.07, 6.45) is 0. The molecule has 0 aliphatic rings. The summed E-state index contributed by atoms with van der Waals surface area (Å²) >= 11 is 11.7. The lowest BCUT2D eigenvalue weighted by Crippen LogP contribution is -2.12. The molecule has 0 aliphatic carbocycles. The van der Waals surface area contributed by atoms with E-state index in [1.54, 1.807) is 18.2 Å².